The van der Waals surface area contributed by atoms with Crippen molar-refractivity contribution in [1.82, 2.24) is 0 Å². The Bertz CT molecular complexity index is 367. The van der Waals surface area contributed by atoms with Gasteiger partial charge in [0.1, 0.15) is 0 Å². The van der Waals surface area contributed by atoms with Crippen LogP contribution in [0, 0.1) is 0 Å². The molecule has 0 heterocycles. The predicted octanol–water partition coefficient (Wildman–Crippen LogP) is 2.54. The molecule has 0 fully saturated rings. The van der Waals surface area contributed by atoms with E-state index in [4.69, 9.17) is 0 Å². The first-order valence-corrected chi connectivity index (χ1v) is 3.74. The Hall–Kier alpha value is -1.61. The third kappa shape index (κ3) is 2.44. The van der Waals surface area contributed by atoms with E-state index in [2.05, 4.69) is 4.99 Å². The van der Waals surface area contributed by atoms with Crippen LogP contribution >= 0.6 is 0 Å². The second-order valence-corrected chi connectivity index (χ2v) is 2.56. The number of carbonyl (C=O) groups excluding carboxylic acids is 1. The SMILES string of the molecule is O=C=NCc1ccccc1C(F)(F)F. The molecule has 0 atom stereocenters. The number of isocyanates is 1. The molecule has 0 amide bonds. The lowest BCUT2D eigenvalue weighted by molar-refractivity contribution is -0.138. The standard InChI is InChI=1S/C9H6F3NO/c10-9(11,12)8-4-2-1-3-7(8)5-13-6-14/h1-4H,5H2. The lowest BCUT2D eigenvalue weighted by Gasteiger charge is -2.09. The van der Waals surface area contributed by atoms with Crippen molar-refractivity contribution < 1.29 is 18.0 Å². The molecule has 5 heteroatoms. The van der Waals surface area contributed by atoms with Crippen molar-refractivity contribution in [2.75, 3.05) is 0 Å². The first-order valence-electron chi connectivity index (χ1n) is 3.74. The molecular weight excluding hydrogens is 195 g/mol. The molecule has 1 aromatic carbocycles. The molecule has 0 saturated carbocycles. The Kier molecular flexibility index (Phi) is 3.04. The van der Waals surface area contributed by atoms with Crippen LogP contribution < -0.4 is 0 Å². The van der Waals surface area contributed by atoms with E-state index in [1.54, 1.807) is 0 Å². The summed E-state index contributed by atoms with van der Waals surface area (Å²) in [6, 6.07) is 4.99. The summed E-state index contributed by atoms with van der Waals surface area (Å²) in [5, 5.41) is 0. The summed E-state index contributed by atoms with van der Waals surface area (Å²) in [6.45, 7) is -0.292. The average molecular weight is 201 g/mol. The number of rotatable bonds is 2. The van der Waals surface area contributed by atoms with Crippen molar-refractivity contribution in [2.24, 2.45) is 4.99 Å². The summed E-state index contributed by atoms with van der Waals surface area (Å²) < 4.78 is 37.0. The highest BCUT2D eigenvalue weighted by Gasteiger charge is 2.32. The number of nitrogens with zero attached hydrogens (tertiary/aromatic N) is 1. The van der Waals surface area contributed by atoms with E-state index in [-0.39, 0.29) is 12.1 Å². The van der Waals surface area contributed by atoms with E-state index >= 15 is 0 Å². The van der Waals surface area contributed by atoms with Crippen LogP contribution in [0.25, 0.3) is 0 Å². The summed E-state index contributed by atoms with van der Waals surface area (Å²) in [5.41, 5.74) is -0.789. The van der Waals surface area contributed by atoms with Gasteiger partial charge in [-0.25, -0.2) is 9.79 Å². The zero-order valence-corrected chi connectivity index (χ0v) is 7.01. The maximum absolute atomic E-state index is 12.3. The van der Waals surface area contributed by atoms with Crippen LogP contribution in [-0.4, -0.2) is 6.08 Å². The highest BCUT2D eigenvalue weighted by molar-refractivity contribution is 5.35. The van der Waals surface area contributed by atoms with E-state index in [0.717, 1.165) is 6.07 Å². The number of hydrogen-bond acceptors (Lipinski definition) is 2. The molecule has 1 rings (SSSR count). The van der Waals surface area contributed by atoms with Gasteiger partial charge in [0.2, 0.25) is 6.08 Å². The first kappa shape index (κ1) is 10.5. The smallest absolute Gasteiger partial charge is 0.211 e. The summed E-state index contributed by atoms with van der Waals surface area (Å²) in [5.74, 6) is 0. The molecule has 0 aromatic heterocycles. The molecule has 0 saturated heterocycles. The second kappa shape index (κ2) is 4.07. The minimum absolute atomic E-state index is 0.0247. The van der Waals surface area contributed by atoms with Gasteiger partial charge in [0.25, 0.3) is 0 Å². The first-order chi connectivity index (χ1) is 6.55. The van der Waals surface area contributed by atoms with Gasteiger partial charge in [-0.15, -0.1) is 0 Å². The molecular formula is C9H6F3NO. The Morgan fingerprint density at radius 1 is 1.29 bits per heavy atom. The molecule has 0 N–H and O–H groups in total. The van der Waals surface area contributed by atoms with E-state index in [0.29, 0.717) is 0 Å². The highest BCUT2D eigenvalue weighted by Crippen LogP contribution is 2.31. The van der Waals surface area contributed by atoms with Crippen LogP contribution in [0.5, 0.6) is 0 Å². The van der Waals surface area contributed by atoms with Gasteiger partial charge >= 0.3 is 6.18 Å². The van der Waals surface area contributed by atoms with Crippen molar-refractivity contribution in [1.29, 1.82) is 0 Å². The van der Waals surface area contributed by atoms with Crippen molar-refractivity contribution in [2.45, 2.75) is 12.7 Å². The molecule has 1 aromatic rings. The van der Waals surface area contributed by atoms with Gasteiger partial charge in [-0.2, -0.15) is 13.2 Å². The quantitative estimate of drug-likeness (QED) is 0.534. The molecule has 2 nitrogen and oxygen atoms in total. The molecule has 0 radical (unpaired) electrons. The minimum atomic E-state index is -4.41. The van der Waals surface area contributed by atoms with Gasteiger partial charge in [0, 0.05) is 0 Å². The number of benzene rings is 1. The summed E-state index contributed by atoms with van der Waals surface area (Å²) in [7, 11) is 0. The van der Waals surface area contributed by atoms with Crippen LogP contribution in [0.2, 0.25) is 0 Å². The Balaban J connectivity index is 3.09. The van der Waals surface area contributed by atoms with E-state index in [1.807, 2.05) is 0 Å². The maximum Gasteiger partial charge on any atom is 0.416 e. The molecule has 0 aliphatic heterocycles. The zero-order valence-electron chi connectivity index (χ0n) is 7.01. The third-order valence-electron chi connectivity index (χ3n) is 1.64. The molecule has 0 unspecified atom stereocenters. The molecule has 0 spiro atoms. The maximum atomic E-state index is 12.3. The fourth-order valence-corrected chi connectivity index (χ4v) is 1.05. The number of hydrogen-bond donors (Lipinski definition) is 0. The monoisotopic (exact) mass is 201 g/mol. The van der Waals surface area contributed by atoms with Gasteiger partial charge in [0.15, 0.2) is 0 Å². The van der Waals surface area contributed by atoms with Crippen LogP contribution in [0.4, 0.5) is 13.2 Å². The predicted molar refractivity (Wildman–Crippen MR) is 43.3 cm³/mol. The lowest BCUT2D eigenvalue weighted by Crippen LogP contribution is -2.08. The van der Waals surface area contributed by atoms with E-state index < -0.39 is 11.7 Å². The minimum Gasteiger partial charge on any atom is -0.211 e. The van der Waals surface area contributed by atoms with Gasteiger partial charge in [-0.1, -0.05) is 18.2 Å². The fraction of sp³-hybridized carbons (Fsp3) is 0.222. The van der Waals surface area contributed by atoms with Crippen molar-refractivity contribution >= 4 is 6.08 Å². The van der Waals surface area contributed by atoms with Gasteiger partial charge < -0.3 is 0 Å². The molecule has 0 aliphatic carbocycles. The summed E-state index contributed by atoms with van der Waals surface area (Å²) in [6.07, 6.45) is -3.21. The Morgan fingerprint density at radius 3 is 2.50 bits per heavy atom. The summed E-state index contributed by atoms with van der Waals surface area (Å²) in [4.78, 5) is 12.9. The largest absolute Gasteiger partial charge is 0.416 e. The molecule has 0 bridgehead atoms. The Morgan fingerprint density at radius 2 is 1.93 bits per heavy atom. The van der Waals surface area contributed by atoms with Crippen molar-refractivity contribution in [3.05, 3.63) is 35.4 Å². The van der Waals surface area contributed by atoms with Crippen LogP contribution in [0.1, 0.15) is 11.1 Å². The fourth-order valence-electron chi connectivity index (χ4n) is 1.05. The van der Waals surface area contributed by atoms with E-state index in [1.165, 1.54) is 24.3 Å². The summed E-state index contributed by atoms with van der Waals surface area (Å²) >= 11 is 0. The topological polar surface area (TPSA) is 29.4 Å². The van der Waals surface area contributed by atoms with Crippen LogP contribution in [-0.2, 0) is 17.5 Å². The lowest BCUT2D eigenvalue weighted by atomic mass is 10.1. The number of aliphatic imine (C=N–C) groups is 1. The van der Waals surface area contributed by atoms with Crippen molar-refractivity contribution in [3.63, 3.8) is 0 Å². The number of alkyl halides is 3. The normalized spacial score (nSPS) is 10.8. The van der Waals surface area contributed by atoms with Gasteiger partial charge in [-0.3, -0.25) is 0 Å². The van der Waals surface area contributed by atoms with Crippen LogP contribution in [0.3, 0.4) is 0 Å². The number of halogens is 3. The third-order valence-corrected chi connectivity index (χ3v) is 1.64. The van der Waals surface area contributed by atoms with Crippen molar-refractivity contribution in [3.8, 4) is 0 Å². The zero-order chi connectivity index (χ0) is 10.6. The molecule has 74 valence electrons. The molecule has 14 heavy (non-hydrogen) atoms. The van der Waals surface area contributed by atoms with Gasteiger partial charge in [0.05, 0.1) is 12.1 Å². The van der Waals surface area contributed by atoms with Crippen LogP contribution in [0.15, 0.2) is 29.3 Å². The Labute approximate surface area is 78.1 Å². The van der Waals surface area contributed by atoms with Gasteiger partial charge in [-0.05, 0) is 11.6 Å². The molecule has 0 aliphatic rings. The highest BCUT2D eigenvalue weighted by atomic mass is 19.4. The average Bonchev–Trinajstić information content (AvgIpc) is 2.14. The van der Waals surface area contributed by atoms with E-state index in [9.17, 15) is 18.0 Å². The second-order valence-electron chi connectivity index (χ2n) is 2.56.